The van der Waals surface area contributed by atoms with Crippen LogP contribution in [0.2, 0.25) is 0 Å². The zero-order chi connectivity index (χ0) is 13.0. The van der Waals surface area contributed by atoms with Gasteiger partial charge in [0.05, 0.1) is 11.3 Å². The standard InChI is InChI=1S/C13H20N2O2/c1-9(2)6-7-15(3)12-8-10(14)4-5-11(12)13(16)17/h4-5,8-9H,6-7,14H2,1-3H3,(H,16,17). The van der Waals surface area contributed by atoms with Crippen molar-refractivity contribution in [2.24, 2.45) is 5.92 Å². The van der Waals surface area contributed by atoms with E-state index in [-0.39, 0.29) is 0 Å². The van der Waals surface area contributed by atoms with Gasteiger partial charge >= 0.3 is 5.97 Å². The number of carboxylic acid groups (broad SMARTS) is 1. The lowest BCUT2D eigenvalue weighted by atomic mass is 10.1. The molecule has 0 unspecified atom stereocenters. The Hall–Kier alpha value is -1.71. The van der Waals surface area contributed by atoms with E-state index < -0.39 is 5.97 Å². The van der Waals surface area contributed by atoms with Gasteiger partial charge < -0.3 is 15.7 Å². The minimum absolute atomic E-state index is 0.297. The SMILES string of the molecule is CC(C)CCN(C)c1cc(N)ccc1C(=O)O. The van der Waals surface area contributed by atoms with E-state index in [4.69, 9.17) is 10.8 Å². The number of hydrogen-bond acceptors (Lipinski definition) is 3. The van der Waals surface area contributed by atoms with Crippen molar-refractivity contribution >= 4 is 17.3 Å². The van der Waals surface area contributed by atoms with Crippen LogP contribution in [0.3, 0.4) is 0 Å². The molecule has 0 aliphatic heterocycles. The molecule has 0 heterocycles. The first-order valence-electron chi connectivity index (χ1n) is 5.75. The zero-order valence-electron chi connectivity index (χ0n) is 10.6. The number of rotatable bonds is 5. The number of nitrogens with two attached hydrogens (primary N) is 1. The van der Waals surface area contributed by atoms with Crippen LogP contribution in [-0.2, 0) is 0 Å². The Morgan fingerprint density at radius 2 is 2.12 bits per heavy atom. The van der Waals surface area contributed by atoms with Crippen molar-refractivity contribution in [3.05, 3.63) is 23.8 Å². The highest BCUT2D eigenvalue weighted by molar-refractivity contribution is 5.95. The fourth-order valence-electron chi connectivity index (χ4n) is 1.62. The number of benzene rings is 1. The molecule has 0 fully saturated rings. The molecule has 0 saturated carbocycles. The second-order valence-electron chi connectivity index (χ2n) is 4.69. The summed E-state index contributed by atoms with van der Waals surface area (Å²) in [7, 11) is 1.89. The summed E-state index contributed by atoms with van der Waals surface area (Å²) >= 11 is 0. The van der Waals surface area contributed by atoms with E-state index in [2.05, 4.69) is 13.8 Å². The lowest BCUT2D eigenvalue weighted by molar-refractivity contribution is 0.0697. The first-order chi connectivity index (χ1) is 7.91. The summed E-state index contributed by atoms with van der Waals surface area (Å²) in [6.45, 7) is 5.11. The molecule has 0 aliphatic rings. The fourth-order valence-corrected chi connectivity index (χ4v) is 1.62. The van der Waals surface area contributed by atoms with Crippen molar-refractivity contribution in [1.29, 1.82) is 0 Å². The third kappa shape index (κ3) is 3.66. The average Bonchev–Trinajstić information content (AvgIpc) is 2.25. The Bertz CT molecular complexity index is 402. The van der Waals surface area contributed by atoms with Crippen LogP contribution in [0.1, 0.15) is 30.6 Å². The predicted molar refractivity (Wildman–Crippen MR) is 70.5 cm³/mol. The molecule has 0 aromatic heterocycles. The molecule has 3 N–H and O–H groups in total. The predicted octanol–water partition coefficient (Wildman–Crippen LogP) is 2.45. The summed E-state index contributed by atoms with van der Waals surface area (Å²) < 4.78 is 0. The van der Waals surface area contributed by atoms with Crippen LogP contribution in [0.5, 0.6) is 0 Å². The second kappa shape index (κ2) is 5.57. The Morgan fingerprint density at radius 3 is 2.65 bits per heavy atom. The van der Waals surface area contributed by atoms with E-state index in [1.54, 1.807) is 18.2 Å². The summed E-state index contributed by atoms with van der Waals surface area (Å²) in [6, 6.07) is 4.88. The van der Waals surface area contributed by atoms with Gasteiger partial charge in [-0.25, -0.2) is 4.79 Å². The van der Waals surface area contributed by atoms with Gasteiger partial charge in [0, 0.05) is 19.3 Å². The van der Waals surface area contributed by atoms with Crippen LogP contribution in [0.25, 0.3) is 0 Å². The normalized spacial score (nSPS) is 10.6. The van der Waals surface area contributed by atoms with Gasteiger partial charge in [0.15, 0.2) is 0 Å². The number of carbonyl (C=O) groups is 1. The van der Waals surface area contributed by atoms with Crippen LogP contribution in [-0.4, -0.2) is 24.7 Å². The smallest absolute Gasteiger partial charge is 0.337 e. The molecular weight excluding hydrogens is 216 g/mol. The first-order valence-corrected chi connectivity index (χ1v) is 5.75. The van der Waals surface area contributed by atoms with Gasteiger partial charge in [0.25, 0.3) is 0 Å². The van der Waals surface area contributed by atoms with Crippen molar-refractivity contribution < 1.29 is 9.90 Å². The molecule has 4 heteroatoms. The topological polar surface area (TPSA) is 66.6 Å². The molecule has 0 bridgehead atoms. The molecule has 0 aliphatic carbocycles. The van der Waals surface area contributed by atoms with E-state index in [9.17, 15) is 4.79 Å². The maximum Gasteiger partial charge on any atom is 0.337 e. The van der Waals surface area contributed by atoms with Gasteiger partial charge in [-0.2, -0.15) is 0 Å². The largest absolute Gasteiger partial charge is 0.478 e. The van der Waals surface area contributed by atoms with Crippen molar-refractivity contribution in [3.8, 4) is 0 Å². The summed E-state index contributed by atoms with van der Waals surface area (Å²) in [4.78, 5) is 13.1. The third-order valence-corrected chi connectivity index (χ3v) is 2.71. The number of anilines is 2. The van der Waals surface area contributed by atoms with E-state index in [0.29, 0.717) is 22.9 Å². The maximum absolute atomic E-state index is 11.1. The summed E-state index contributed by atoms with van der Waals surface area (Å²) in [5.74, 6) is -0.330. The van der Waals surface area contributed by atoms with Crippen molar-refractivity contribution in [2.75, 3.05) is 24.2 Å². The molecule has 0 atom stereocenters. The quantitative estimate of drug-likeness (QED) is 0.771. The average molecular weight is 236 g/mol. The van der Waals surface area contributed by atoms with Gasteiger partial charge in [0.1, 0.15) is 0 Å². The molecule has 17 heavy (non-hydrogen) atoms. The molecular formula is C13H20N2O2. The van der Waals surface area contributed by atoms with Gasteiger partial charge in [-0.15, -0.1) is 0 Å². The molecule has 0 saturated heterocycles. The van der Waals surface area contributed by atoms with Gasteiger partial charge in [-0.3, -0.25) is 0 Å². The molecule has 1 rings (SSSR count). The molecule has 1 aromatic carbocycles. The van der Waals surface area contributed by atoms with Crippen molar-refractivity contribution in [2.45, 2.75) is 20.3 Å². The lowest BCUT2D eigenvalue weighted by Crippen LogP contribution is -2.22. The zero-order valence-corrected chi connectivity index (χ0v) is 10.6. The van der Waals surface area contributed by atoms with Crippen LogP contribution >= 0.6 is 0 Å². The Kier molecular flexibility index (Phi) is 4.37. The van der Waals surface area contributed by atoms with Crippen LogP contribution in [0.15, 0.2) is 18.2 Å². The monoisotopic (exact) mass is 236 g/mol. The number of aromatic carboxylic acids is 1. The second-order valence-corrected chi connectivity index (χ2v) is 4.69. The van der Waals surface area contributed by atoms with E-state index in [1.807, 2.05) is 11.9 Å². The minimum atomic E-state index is -0.920. The summed E-state index contributed by atoms with van der Waals surface area (Å²) in [6.07, 6.45) is 1.02. The first kappa shape index (κ1) is 13.4. The number of hydrogen-bond donors (Lipinski definition) is 2. The Morgan fingerprint density at radius 1 is 1.47 bits per heavy atom. The molecule has 94 valence electrons. The highest BCUT2D eigenvalue weighted by atomic mass is 16.4. The summed E-state index contributed by atoms with van der Waals surface area (Å²) in [5.41, 5.74) is 7.26. The highest BCUT2D eigenvalue weighted by Crippen LogP contribution is 2.23. The Labute approximate surface area is 102 Å². The molecule has 0 amide bonds. The van der Waals surface area contributed by atoms with Crippen LogP contribution < -0.4 is 10.6 Å². The van der Waals surface area contributed by atoms with E-state index in [0.717, 1.165) is 13.0 Å². The van der Waals surface area contributed by atoms with Crippen LogP contribution in [0, 0.1) is 5.92 Å². The van der Waals surface area contributed by atoms with E-state index in [1.165, 1.54) is 0 Å². The van der Waals surface area contributed by atoms with Gasteiger partial charge in [-0.05, 0) is 30.5 Å². The molecule has 0 spiro atoms. The number of nitrogen functional groups attached to an aromatic ring is 1. The maximum atomic E-state index is 11.1. The van der Waals surface area contributed by atoms with E-state index >= 15 is 0 Å². The number of nitrogens with zero attached hydrogens (tertiary/aromatic N) is 1. The fraction of sp³-hybridized carbons (Fsp3) is 0.462. The highest BCUT2D eigenvalue weighted by Gasteiger charge is 2.13. The third-order valence-electron chi connectivity index (χ3n) is 2.71. The van der Waals surface area contributed by atoms with Gasteiger partial charge in [-0.1, -0.05) is 13.8 Å². The van der Waals surface area contributed by atoms with Gasteiger partial charge in [0.2, 0.25) is 0 Å². The minimum Gasteiger partial charge on any atom is -0.478 e. The number of carboxylic acids is 1. The van der Waals surface area contributed by atoms with Crippen molar-refractivity contribution in [1.82, 2.24) is 0 Å². The molecule has 0 radical (unpaired) electrons. The summed E-state index contributed by atoms with van der Waals surface area (Å²) in [5, 5.41) is 9.12. The Balaban J connectivity index is 2.94. The molecule has 4 nitrogen and oxygen atoms in total. The molecule has 1 aromatic rings. The van der Waals surface area contributed by atoms with Crippen molar-refractivity contribution in [3.63, 3.8) is 0 Å². The lowest BCUT2D eigenvalue weighted by Gasteiger charge is -2.22. The van der Waals surface area contributed by atoms with Crippen LogP contribution in [0.4, 0.5) is 11.4 Å².